The van der Waals surface area contributed by atoms with E-state index in [9.17, 15) is 0 Å². The second-order valence-electron chi connectivity index (χ2n) is 5.45. The molecule has 0 atom stereocenters. The first kappa shape index (κ1) is 12.2. The predicted molar refractivity (Wildman–Crippen MR) is 85.1 cm³/mol. The Balaban J connectivity index is 2.10. The van der Waals surface area contributed by atoms with Gasteiger partial charge in [-0.1, -0.05) is 24.3 Å². The zero-order valence-electron chi connectivity index (χ0n) is 11.4. The lowest BCUT2D eigenvalue weighted by atomic mass is 10.0. The zero-order chi connectivity index (χ0) is 13.7. The monoisotopic (exact) mass is 326 g/mol. The minimum Gasteiger partial charge on any atom is -0.302 e. The van der Waals surface area contributed by atoms with Crippen LogP contribution in [0.5, 0.6) is 0 Å². The van der Waals surface area contributed by atoms with Crippen LogP contribution in [0.25, 0.3) is 16.9 Å². The topological polar surface area (TPSA) is 17.3 Å². The van der Waals surface area contributed by atoms with Crippen molar-refractivity contribution < 1.29 is 0 Å². The molecule has 2 nitrogen and oxygen atoms in total. The number of pyridine rings is 1. The smallest absolute Gasteiger partial charge is 0.140 e. The zero-order valence-corrected chi connectivity index (χ0v) is 12.9. The van der Waals surface area contributed by atoms with Crippen LogP contribution in [0.3, 0.4) is 0 Å². The van der Waals surface area contributed by atoms with Crippen LogP contribution < -0.4 is 0 Å². The quantitative estimate of drug-likeness (QED) is 0.592. The van der Waals surface area contributed by atoms with E-state index < -0.39 is 0 Å². The maximum atomic E-state index is 4.94. The third-order valence-corrected chi connectivity index (χ3v) is 4.54. The molecule has 1 aliphatic rings. The van der Waals surface area contributed by atoms with Crippen LogP contribution in [0.1, 0.15) is 23.2 Å². The molecule has 0 amide bonds. The minimum atomic E-state index is 1.08. The van der Waals surface area contributed by atoms with E-state index in [0.717, 1.165) is 23.0 Å². The number of imidazole rings is 1. The highest BCUT2D eigenvalue weighted by molar-refractivity contribution is 9.10. The number of benzene rings is 1. The van der Waals surface area contributed by atoms with Crippen LogP contribution in [0, 0.1) is 6.92 Å². The molecule has 2 heterocycles. The summed E-state index contributed by atoms with van der Waals surface area (Å²) >= 11 is 3.60. The lowest BCUT2D eigenvalue weighted by Crippen LogP contribution is -1.95. The normalized spacial score (nSPS) is 13.9. The molecule has 1 aromatic carbocycles. The van der Waals surface area contributed by atoms with E-state index >= 15 is 0 Å². The average Bonchev–Trinajstić information content (AvgIpc) is 2.69. The van der Waals surface area contributed by atoms with Gasteiger partial charge in [-0.25, -0.2) is 4.98 Å². The molecule has 1 aliphatic carbocycles. The Hall–Kier alpha value is -1.61. The molecule has 0 fully saturated rings. The van der Waals surface area contributed by atoms with Crippen molar-refractivity contribution in [3.63, 3.8) is 0 Å². The molecule has 0 aliphatic heterocycles. The van der Waals surface area contributed by atoms with E-state index in [0.29, 0.717) is 0 Å². The lowest BCUT2D eigenvalue weighted by Gasteiger charge is -2.03. The second kappa shape index (κ2) is 4.45. The van der Waals surface area contributed by atoms with Crippen molar-refractivity contribution in [3.05, 3.63) is 57.8 Å². The highest BCUT2D eigenvalue weighted by Gasteiger charge is 2.20. The van der Waals surface area contributed by atoms with E-state index in [2.05, 4.69) is 63.8 Å². The van der Waals surface area contributed by atoms with E-state index in [1.165, 1.54) is 34.5 Å². The molecule has 4 rings (SSSR count). The maximum Gasteiger partial charge on any atom is 0.140 e. The van der Waals surface area contributed by atoms with Gasteiger partial charge in [-0.05, 0) is 59.3 Å². The molecule has 0 spiro atoms. The van der Waals surface area contributed by atoms with Crippen molar-refractivity contribution in [2.45, 2.75) is 26.2 Å². The molecule has 3 heteroatoms. The van der Waals surface area contributed by atoms with Gasteiger partial charge in [-0.2, -0.15) is 0 Å². The summed E-state index contributed by atoms with van der Waals surface area (Å²) in [5.41, 5.74) is 7.53. The first-order chi connectivity index (χ1) is 9.74. The Morgan fingerprint density at radius 2 is 2.05 bits per heavy atom. The molecule has 0 radical (unpaired) electrons. The van der Waals surface area contributed by atoms with Gasteiger partial charge in [-0.15, -0.1) is 0 Å². The number of aromatic nitrogens is 2. The molecule has 20 heavy (non-hydrogen) atoms. The standard InChI is InChI=1S/C17H15BrN2/c1-11-9-13(18)10-20-15-8-4-6-12-5-2-3-7-14(12)16(15)19-17(11)20/h2-3,5,7,9-10H,4,6,8H2,1H3. The Morgan fingerprint density at radius 1 is 1.20 bits per heavy atom. The molecule has 0 saturated heterocycles. The summed E-state index contributed by atoms with van der Waals surface area (Å²) in [7, 11) is 0. The van der Waals surface area contributed by atoms with Crippen LogP contribution in [0.4, 0.5) is 0 Å². The molecule has 100 valence electrons. The fourth-order valence-electron chi connectivity index (χ4n) is 3.19. The van der Waals surface area contributed by atoms with Crippen LogP contribution in [0.15, 0.2) is 41.0 Å². The van der Waals surface area contributed by atoms with Crippen LogP contribution in [-0.4, -0.2) is 9.38 Å². The Bertz CT molecular complexity index is 817. The summed E-state index contributed by atoms with van der Waals surface area (Å²) in [6.07, 6.45) is 5.55. The highest BCUT2D eigenvalue weighted by atomic mass is 79.9. The number of fused-ring (bicyclic) bond motifs is 5. The third kappa shape index (κ3) is 1.73. The van der Waals surface area contributed by atoms with E-state index in [-0.39, 0.29) is 0 Å². The van der Waals surface area contributed by atoms with E-state index in [1.807, 2.05) is 0 Å². The van der Waals surface area contributed by atoms with Crippen LogP contribution in [-0.2, 0) is 12.8 Å². The Labute approximate surface area is 126 Å². The summed E-state index contributed by atoms with van der Waals surface area (Å²) in [6.45, 7) is 2.12. The largest absolute Gasteiger partial charge is 0.302 e. The predicted octanol–water partition coefficient (Wildman–Crippen LogP) is 4.56. The molecule has 0 unspecified atom stereocenters. The first-order valence-electron chi connectivity index (χ1n) is 6.99. The van der Waals surface area contributed by atoms with E-state index in [1.54, 1.807) is 0 Å². The number of halogens is 1. The number of nitrogens with zero attached hydrogens (tertiary/aromatic N) is 2. The van der Waals surface area contributed by atoms with Crippen molar-refractivity contribution in [3.8, 4) is 11.3 Å². The SMILES string of the molecule is Cc1cc(Br)cn2c3c(nc12)-c1ccccc1CCC3. The summed E-state index contributed by atoms with van der Waals surface area (Å²) in [4.78, 5) is 4.94. The number of hydrogen-bond donors (Lipinski definition) is 0. The molecule has 0 N–H and O–H groups in total. The molecular formula is C17H15BrN2. The van der Waals surface area contributed by atoms with Gasteiger partial charge in [0, 0.05) is 16.2 Å². The maximum absolute atomic E-state index is 4.94. The van der Waals surface area contributed by atoms with Crippen LogP contribution >= 0.6 is 15.9 Å². The summed E-state index contributed by atoms with van der Waals surface area (Å²) < 4.78 is 3.37. The average molecular weight is 327 g/mol. The fraction of sp³-hybridized carbons (Fsp3) is 0.235. The summed E-state index contributed by atoms with van der Waals surface area (Å²) in [6, 6.07) is 10.8. The summed E-state index contributed by atoms with van der Waals surface area (Å²) in [5, 5.41) is 0. The molecular weight excluding hydrogens is 312 g/mol. The second-order valence-corrected chi connectivity index (χ2v) is 6.37. The molecule has 0 saturated carbocycles. The third-order valence-electron chi connectivity index (χ3n) is 4.10. The van der Waals surface area contributed by atoms with Crippen molar-refractivity contribution in [2.75, 3.05) is 0 Å². The number of rotatable bonds is 0. The van der Waals surface area contributed by atoms with Gasteiger partial charge < -0.3 is 4.40 Å². The van der Waals surface area contributed by atoms with Crippen molar-refractivity contribution >= 4 is 21.6 Å². The van der Waals surface area contributed by atoms with Gasteiger partial charge in [0.25, 0.3) is 0 Å². The van der Waals surface area contributed by atoms with Gasteiger partial charge in [0.05, 0.1) is 11.4 Å². The minimum absolute atomic E-state index is 1.08. The van der Waals surface area contributed by atoms with Gasteiger partial charge in [0.1, 0.15) is 5.65 Å². The van der Waals surface area contributed by atoms with Crippen molar-refractivity contribution in [2.24, 2.45) is 0 Å². The van der Waals surface area contributed by atoms with E-state index in [4.69, 9.17) is 4.98 Å². The van der Waals surface area contributed by atoms with Gasteiger partial charge in [-0.3, -0.25) is 0 Å². The van der Waals surface area contributed by atoms with Crippen LogP contribution in [0.2, 0.25) is 0 Å². The van der Waals surface area contributed by atoms with Crippen molar-refractivity contribution in [1.82, 2.24) is 9.38 Å². The Morgan fingerprint density at radius 3 is 2.95 bits per heavy atom. The van der Waals surface area contributed by atoms with Crippen molar-refractivity contribution in [1.29, 1.82) is 0 Å². The Kier molecular flexibility index (Phi) is 2.71. The number of hydrogen-bond acceptors (Lipinski definition) is 1. The first-order valence-corrected chi connectivity index (χ1v) is 7.79. The van der Waals surface area contributed by atoms with Gasteiger partial charge in [0.2, 0.25) is 0 Å². The highest BCUT2D eigenvalue weighted by Crippen LogP contribution is 2.33. The summed E-state index contributed by atoms with van der Waals surface area (Å²) in [5.74, 6) is 0. The molecule has 3 aromatic rings. The molecule has 2 aromatic heterocycles. The fourth-order valence-corrected chi connectivity index (χ4v) is 3.73. The lowest BCUT2D eigenvalue weighted by molar-refractivity contribution is 0.804. The number of aryl methyl sites for hydroxylation is 3. The molecule has 0 bridgehead atoms. The van der Waals surface area contributed by atoms with Gasteiger partial charge >= 0.3 is 0 Å². The van der Waals surface area contributed by atoms with Gasteiger partial charge in [0.15, 0.2) is 0 Å².